The highest BCUT2D eigenvalue weighted by Crippen LogP contribution is 2.22. The number of aliphatic hydroxyl groups is 1. The zero-order chi connectivity index (χ0) is 12.2. The average Bonchev–Trinajstić information content (AvgIpc) is 2.66. The highest BCUT2D eigenvalue weighted by Gasteiger charge is 2.28. The van der Waals surface area contributed by atoms with Gasteiger partial charge in [0.2, 0.25) is 10.0 Å². The number of aliphatic hydroxyl groups excluding tert-OH is 1. The van der Waals surface area contributed by atoms with Crippen molar-refractivity contribution in [2.45, 2.75) is 25.8 Å². The zero-order valence-corrected chi connectivity index (χ0v) is 10.9. The van der Waals surface area contributed by atoms with Gasteiger partial charge < -0.3 is 5.11 Å². The first-order valence-corrected chi connectivity index (χ1v) is 7.43. The van der Waals surface area contributed by atoms with Crippen LogP contribution >= 0.6 is 11.3 Å². The van der Waals surface area contributed by atoms with Crippen LogP contribution < -0.4 is 4.72 Å². The molecule has 0 saturated carbocycles. The van der Waals surface area contributed by atoms with E-state index in [9.17, 15) is 8.42 Å². The predicted octanol–water partition coefficient (Wildman–Crippen LogP) is 0.680. The smallest absolute Gasteiger partial charge is 0.212 e. The normalized spacial score (nSPS) is 12.9. The minimum absolute atomic E-state index is 0.0711. The van der Waals surface area contributed by atoms with Gasteiger partial charge in [-0.1, -0.05) is 0 Å². The Morgan fingerprint density at radius 1 is 1.56 bits per heavy atom. The van der Waals surface area contributed by atoms with Crippen LogP contribution in [0, 0.1) is 0 Å². The number of hydrogen-bond donors (Lipinski definition) is 2. The third-order valence-electron chi connectivity index (χ3n) is 1.95. The van der Waals surface area contributed by atoms with Crippen LogP contribution in [-0.4, -0.2) is 30.9 Å². The van der Waals surface area contributed by atoms with Gasteiger partial charge in [-0.2, -0.15) is 0 Å². The number of sulfonamides is 1. The van der Waals surface area contributed by atoms with Crippen LogP contribution in [-0.2, 0) is 15.6 Å². The summed E-state index contributed by atoms with van der Waals surface area (Å²) in [7, 11) is -3.37. The van der Waals surface area contributed by atoms with Crippen LogP contribution in [0.2, 0.25) is 0 Å². The monoisotopic (exact) mass is 264 g/mol. The summed E-state index contributed by atoms with van der Waals surface area (Å²) >= 11 is 1.41. The van der Waals surface area contributed by atoms with Crippen molar-refractivity contribution < 1.29 is 13.5 Å². The van der Waals surface area contributed by atoms with Crippen molar-refractivity contribution >= 4 is 21.4 Å². The summed E-state index contributed by atoms with van der Waals surface area (Å²) in [4.78, 5) is 4.09. The maximum atomic E-state index is 11.7. The molecule has 0 aliphatic rings. The highest BCUT2D eigenvalue weighted by molar-refractivity contribution is 7.89. The molecule has 0 atom stereocenters. The fraction of sp³-hybridized carbons (Fsp3) is 0.667. The van der Waals surface area contributed by atoms with Gasteiger partial charge in [-0.05, 0) is 20.3 Å². The molecule has 92 valence electrons. The lowest BCUT2D eigenvalue weighted by Gasteiger charge is -2.23. The summed E-state index contributed by atoms with van der Waals surface area (Å²) in [5.41, 5.74) is -0.706. The molecule has 0 saturated heterocycles. The summed E-state index contributed by atoms with van der Waals surface area (Å²) in [5.74, 6) is -0.0711. The van der Waals surface area contributed by atoms with Crippen molar-refractivity contribution in [2.24, 2.45) is 0 Å². The first kappa shape index (κ1) is 13.6. The Balaban J connectivity index is 2.73. The van der Waals surface area contributed by atoms with Gasteiger partial charge in [0.1, 0.15) is 5.01 Å². The standard InChI is InChI=1S/C9H16N2O3S2/c1-9(2,8-10-4-6-15-8)11-16(13,14)7-3-5-12/h4,6,11-12H,3,5,7H2,1-2H3. The van der Waals surface area contributed by atoms with Crippen molar-refractivity contribution in [2.75, 3.05) is 12.4 Å². The molecule has 0 aliphatic carbocycles. The van der Waals surface area contributed by atoms with Crippen LogP contribution in [0.1, 0.15) is 25.3 Å². The number of nitrogens with one attached hydrogen (secondary N) is 1. The molecule has 5 nitrogen and oxygen atoms in total. The number of aromatic nitrogens is 1. The van der Waals surface area contributed by atoms with E-state index < -0.39 is 15.6 Å². The lowest BCUT2D eigenvalue weighted by molar-refractivity contribution is 0.295. The van der Waals surface area contributed by atoms with E-state index in [2.05, 4.69) is 9.71 Å². The number of nitrogens with zero attached hydrogens (tertiary/aromatic N) is 1. The highest BCUT2D eigenvalue weighted by atomic mass is 32.2. The number of thiazole rings is 1. The van der Waals surface area contributed by atoms with E-state index in [1.807, 2.05) is 0 Å². The summed E-state index contributed by atoms with van der Waals surface area (Å²) < 4.78 is 25.9. The molecule has 2 N–H and O–H groups in total. The largest absolute Gasteiger partial charge is 0.396 e. The van der Waals surface area contributed by atoms with Crippen molar-refractivity contribution in [1.82, 2.24) is 9.71 Å². The summed E-state index contributed by atoms with van der Waals surface area (Å²) in [5, 5.41) is 11.1. The Bertz CT molecular complexity index is 412. The SMILES string of the molecule is CC(C)(NS(=O)(=O)CCCO)c1nccs1. The van der Waals surface area contributed by atoms with Gasteiger partial charge in [-0.3, -0.25) is 0 Å². The molecular weight excluding hydrogens is 248 g/mol. The lowest BCUT2D eigenvalue weighted by atomic mass is 10.1. The van der Waals surface area contributed by atoms with Crippen LogP contribution in [0.3, 0.4) is 0 Å². The topological polar surface area (TPSA) is 79.3 Å². The summed E-state index contributed by atoms with van der Waals surface area (Å²) in [6.45, 7) is 3.41. The summed E-state index contributed by atoms with van der Waals surface area (Å²) in [6, 6.07) is 0. The number of rotatable bonds is 6. The van der Waals surface area contributed by atoms with E-state index in [4.69, 9.17) is 5.11 Å². The molecule has 0 aromatic carbocycles. The van der Waals surface area contributed by atoms with E-state index in [-0.39, 0.29) is 18.8 Å². The van der Waals surface area contributed by atoms with Gasteiger partial charge in [0.15, 0.2) is 0 Å². The fourth-order valence-electron chi connectivity index (χ4n) is 1.27. The molecule has 1 rings (SSSR count). The molecule has 0 radical (unpaired) electrons. The Kier molecular flexibility index (Phi) is 4.43. The Morgan fingerprint density at radius 3 is 2.75 bits per heavy atom. The minimum atomic E-state index is -3.37. The second-order valence-electron chi connectivity index (χ2n) is 3.96. The molecule has 16 heavy (non-hydrogen) atoms. The third-order valence-corrected chi connectivity index (χ3v) is 4.69. The molecule has 1 heterocycles. The van der Waals surface area contributed by atoms with Crippen molar-refractivity contribution in [3.05, 3.63) is 16.6 Å². The Labute approximate surface area is 99.6 Å². The third kappa shape index (κ3) is 3.82. The van der Waals surface area contributed by atoms with Crippen molar-refractivity contribution in [3.63, 3.8) is 0 Å². The quantitative estimate of drug-likeness (QED) is 0.792. The van der Waals surface area contributed by atoms with Crippen LogP contribution in [0.25, 0.3) is 0 Å². The fourth-order valence-corrected chi connectivity index (χ4v) is 3.54. The molecule has 0 bridgehead atoms. The second-order valence-corrected chi connectivity index (χ2v) is 6.70. The van der Waals surface area contributed by atoms with Crippen LogP contribution in [0.5, 0.6) is 0 Å². The second kappa shape index (κ2) is 5.22. The van der Waals surface area contributed by atoms with Gasteiger partial charge in [-0.15, -0.1) is 11.3 Å². The molecule has 1 aromatic heterocycles. The molecule has 0 fully saturated rings. The Morgan fingerprint density at radius 2 is 2.25 bits per heavy atom. The van der Waals surface area contributed by atoms with Crippen molar-refractivity contribution in [1.29, 1.82) is 0 Å². The Hall–Kier alpha value is -0.500. The lowest BCUT2D eigenvalue weighted by Crippen LogP contribution is -2.42. The molecular formula is C9H16N2O3S2. The van der Waals surface area contributed by atoms with Crippen molar-refractivity contribution in [3.8, 4) is 0 Å². The first-order valence-electron chi connectivity index (χ1n) is 4.90. The van der Waals surface area contributed by atoms with E-state index >= 15 is 0 Å². The van der Waals surface area contributed by atoms with E-state index in [1.165, 1.54) is 11.3 Å². The molecule has 0 unspecified atom stereocenters. The van der Waals surface area contributed by atoms with Gasteiger partial charge >= 0.3 is 0 Å². The zero-order valence-electron chi connectivity index (χ0n) is 9.30. The molecule has 0 amide bonds. The van der Waals surface area contributed by atoms with Gasteiger partial charge in [0.25, 0.3) is 0 Å². The van der Waals surface area contributed by atoms with E-state index in [0.717, 1.165) is 5.01 Å². The number of hydrogen-bond acceptors (Lipinski definition) is 5. The first-order chi connectivity index (χ1) is 7.37. The van der Waals surface area contributed by atoms with Gasteiger partial charge in [0, 0.05) is 18.2 Å². The molecule has 0 aliphatic heterocycles. The molecule has 1 aromatic rings. The van der Waals surface area contributed by atoms with Crippen LogP contribution in [0.4, 0.5) is 0 Å². The minimum Gasteiger partial charge on any atom is -0.396 e. The van der Waals surface area contributed by atoms with E-state index in [1.54, 1.807) is 25.4 Å². The summed E-state index contributed by atoms with van der Waals surface area (Å²) in [6.07, 6.45) is 1.88. The maximum absolute atomic E-state index is 11.7. The predicted molar refractivity (Wildman–Crippen MR) is 63.8 cm³/mol. The molecule has 7 heteroatoms. The average molecular weight is 264 g/mol. The molecule has 0 spiro atoms. The van der Waals surface area contributed by atoms with Gasteiger partial charge in [0.05, 0.1) is 11.3 Å². The van der Waals surface area contributed by atoms with E-state index in [0.29, 0.717) is 0 Å². The van der Waals surface area contributed by atoms with Gasteiger partial charge in [-0.25, -0.2) is 18.1 Å². The maximum Gasteiger partial charge on any atom is 0.212 e. The van der Waals surface area contributed by atoms with Crippen LogP contribution in [0.15, 0.2) is 11.6 Å².